The van der Waals surface area contributed by atoms with Crippen molar-refractivity contribution in [1.29, 1.82) is 0 Å². The molecule has 0 radical (unpaired) electrons. The molecule has 0 aliphatic heterocycles. The average molecular weight is 499 g/mol. The third-order valence-electron chi connectivity index (χ3n) is 6.02. The first-order valence-corrected chi connectivity index (χ1v) is 12.0. The Morgan fingerprint density at radius 1 is 0.676 bits per heavy atom. The molecule has 0 spiro atoms. The molecule has 0 bridgehead atoms. The zero-order valence-electron chi connectivity index (χ0n) is 20.8. The number of hydrogen-bond acceptors (Lipinski definition) is 8. The molecular formula is C28H28N5O4+. The molecule has 0 unspecified atom stereocenters. The fraction of sp³-hybridized carbons (Fsp3) is 0.214. The van der Waals surface area contributed by atoms with Gasteiger partial charge in [0.2, 0.25) is 11.6 Å². The van der Waals surface area contributed by atoms with Crippen molar-refractivity contribution in [2.24, 2.45) is 0 Å². The highest BCUT2D eigenvalue weighted by molar-refractivity contribution is 5.54. The largest absolute Gasteiger partial charge is 0.493 e. The molecule has 0 atom stereocenters. The molecule has 2 heterocycles. The van der Waals surface area contributed by atoms with Gasteiger partial charge in [0.05, 0.1) is 20.8 Å². The van der Waals surface area contributed by atoms with E-state index in [1.165, 1.54) is 0 Å². The predicted octanol–water partition coefficient (Wildman–Crippen LogP) is 3.63. The van der Waals surface area contributed by atoms with Gasteiger partial charge in [-0.15, -0.1) is 0 Å². The Morgan fingerprint density at radius 3 is 1.73 bits per heavy atom. The van der Waals surface area contributed by atoms with Crippen LogP contribution in [-0.2, 0) is 19.5 Å². The number of ether oxygens (including phenoxy) is 2. The van der Waals surface area contributed by atoms with Crippen molar-refractivity contribution in [2.45, 2.75) is 19.5 Å². The normalized spacial score (nSPS) is 11.1. The first-order valence-electron chi connectivity index (χ1n) is 12.0. The molecule has 0 fully saturated rings. The van der Waals surface area contributed by atoms with Crippen molar-refractivity contribution in [1.82, 2.24) is 20.3 Å². The lowest BCUT2D eigenvalue weighted by atomic mass is 10.1. The summed E-state index contributed by atoms with van der Waals surface area (Å²) in [6.07, 6.45) is 0.787. The van der Waals surface area contributed by atoms with E-state index < -0.39 is 0 Å². The maximum Gasteiger partial charge on any atom is 0.282 e. The van der Waals surface area contributed by atoms with Gasteiger partial charge in [0, 0.05) is 17.5 Å². The Morgan fingerprint density at radius 2 is 1.22 bits per heavy atom. The van der Waals surface area contributed by atoms with Crippen LogP contribution < -0.4 is 14.4 Å². The van der Waals surface area contributed by atoms with Gasteiger partial charge in [-0.2, -0.15) is 9.97 Å². The summed E-state index contributed by atoms with van der Waals surface area (Å²) in [7, 11) is 3.27. The van der Waals surface area contributed by atoms with E-state index in [0.29, 0.717) is 48.0 Å². The number of nitrogens with one attached hydrogen (secondary N) is 1. The summed E-state index contributed by atoms with van der Waals surface area (Å²) >= 11 is 0. The van der Waals surface area contributed by atoms with Crippen LogP contribution in [0.15, 0.2) is 87.9 Å². The first-order chi connectivity index (χ1) is 18.2. The molecule has 0 saturated carbocycles. The van der Waals surface area contributed by atoms with Crippen LogP contribution in [0, 0.1) is 0 Å². The molecule has 5 rings (SSSR count). The van der Waals surface area contributed by atoms with Crippen LogP contribution in [0.5, 0.6) is 11.5 Å². The number of methoxy groups -OCH3 is 2. The Balaban J connectivity index is 1.34. The fourth-order valence-corrected chi connectivity index (χ4v) is 4.09. The van der Waals surface area contributed by atoms with E-state index in [2.05, 4.69) is 20.3 Å². The number of rotatable bonds is 11. The number of nitrogens with zero attached hydrogens (tertiary/aromatic N) is 4. The summed E-state index contributed by atoms with van der Waals surface area (Å²) in [6, 6.07) is 25.5. The second-order valence-corrected chi connectivity index (χ2v) is 8.55. The SMILES string of the molecule is COc1ccc(CC[NH+](Cc2nc(-c3ccccc3)no2)Cc2nc(-c3ccccc3)no2)cc1OC. The summed E-state index contributed by atoms with van der Waals surface area (Å²) < 4.78 is 22.0. The molecule has 9 heteroatoms. The molecule has 37 heavy (non-hydrogen) atoms. The molecule has 0 aliphatic carbocycles. The highest BCUT2D eigenvalue weighted by atomic mass is 16.5. The lowest BCUT2D eigenvalue weighted by Crippen LogP contribution is -3.09. The van der Waals surface area contributed by atoms with Crippen LogP contribution in [0.3, 0.4) is 0 Å². The molecule has 0 saturated heterocycles. The van der Waals surface area contributed by atoms with Gasteiger partial charge in [-0.05, 0) is 17.7 Å². The van der Waals surface area contributed by atoms with Crippen LogP contribution in [0.1, 0.15) is 17.3 Å². The van der Waals surface area contributed by atoms with E-state index in [1.54, 1.807) is 14.2 Å². The van der Waals surface area contributed by atoms with Gasteiger partial charge in [-0.1, -0.05) is 77.0 Å². The van der Waals surface area contributed by atoms with Crippen LogP contribution >= 0.6 is 0 Å². The molecular weight excluding hydrogens is 470 g/mol. The number of quaternary nitrogens is 1. The molecule has 3 aromatic carbocycles. The molecule has 9 nitrogen and oxygen atoms in total. The van der Waals surface area contributed by atoms with Gasteiger partial charge >= 0.3 is 0 Å². The lowest BCUT2D eigenvalue weighted by Gasteiger charge is -2.16. The Kier molecular flexibility index (Phi) is 7.52. The minimum Gasteiger partial charge on any atom is -0.493 e. The summed E-state index contributed by atoms with van der Waals surface area (Å²) in [5.74, 6) is 3.63. The van der Waals surface area contributed by atoms with Gasteiger partial charge in [-0.3, -0.25) is 0 Å². The molecule has 2 aromatic heterocycles. The zero-order valence-corrected chi connectivity index (χ0v) is 20.8. The van der Waals surface area contributed by atoms with Crippen LogP contribution in [0.4, 0.5) is 0 Å². The monoisotopic (exact) mass is 498 g/mol. The molecule has 1 N–H and O–H groups in total. The van der Waals surface area contributed by atoms with E-state index in [9.17, 15) is 0 Å². The first kappa shape index (κ1) is 24.2. The van der Waals surface area contributed by atoms with Crippen LogP contribution in [0.2, 0.25) is 0 Å². The van der Waals surface area contributed by atoms with Crippen molar-refractivity contribution in [3.05, 3.63) is 96.2 Å². The summed E-state index contributed by atoms with van der Waals surface area (Å²) in [5.41, 5.74) is 2.95. The van der Waals surface area contributed by atoms with E-state index in [1.807, 2.05) is 78.9 Å². The van der Waals surface area contributed by atoms with Crippen molar-refractivity contribution in [2.75, 3.05) is 20.8 Å². The topological polar surface area (TPSA) is 101 Å². The molecule has 188 valence electrons. The Bertz CT molecular complexity index is 1340. The average Bonchev–Trinajstić information content (AvgIpc) is 3.62. The molecule has 0 aliphatic rings. The second kappa shape index (κ2) is 11.5. The summed E-state index contributed by atoms with van der Waals surface area (Å²) in [5, 5.41) is 8.34. The van der Waals surface area contributed by atoms with Crippen molar-refractivity contribution in [3.63, 3.8) is 0 Å². The standard InChI is InChI=1S/C28H27N5O4/c1-34-23-14-13-20(17-24(23)35-2)15-16-33(18-25-29-27(31-36-25)21-9-5-3-6-10-21)19-26-30-28(32-37-26)22-11-7-4-8-12-22/h3-14,17H,15-16,18-19H2,1-2H3/p+1. The van der Waals surface area contributed by atoms with Gasteiger partial charge in [0.15, 0.2) is 24.6 Å². The van der Waals surface area contributed by atoms with Crippen molar-refractivity contribution >= 4 is 0 Å². The Hall–Kier alpha value is -4.50. The molecule has 5 aromatic rings. The van der Waals surface area contributed by atoms with Gasteiger partial charge < -0.3 is 23.4 Å². The molecule has 0 amide bonds. The Labute approximate surface area is 214 Å². The van der Waals surface area contributed by atoms with Gasteiger partial charge in [0.1, 0.15) is 0 Å². The maximum absolute atomic E-state index is 5.60. The van der Waals surface area contributed by atoms with E-state index in [0.717, 1.165) is 34.6 Å². The van der Waals surface area contributed by atoms with Crippen molar-refractivity contribution < 1.29 is 23.4 Å². The summed E-state index contributed by atoms with van der Waals surface area (Å²) in [4.78, 5) is 10.4. The van der Waals surface area contributed by atoms with E-state index >= 15 is 0 Å². The van der Waals surface area contributed by atoms with Crippen LogP contribution in [-0.4, -0.2) is 41.0 Å². The highest BCUT2D eigenvalue weighted by Crippen LogP contribution is 2.27. The van der Waals surface area contributed by atoms with E-state index in [4.69, 9.17) is 18.5 Å². The quantitative estimate of drug-likeness (QED) is 0.295. The lowest BCUT2D eigenvalue weighted by molar-refractivity contribution is -0.930. The highest BCUT2D eigenvalue weighted by Gasteiger charge is 2.21. The summed E-state index contributed by atoms with van der Waals surface area (Å²) in [6.45, 7) is 1.79. The third kappa shape index (κ3) is 6.02. The van der Waals surface area contributed by atoms with E-state index in [-0.39, 0.29) is 0 Å². The van der Waals surface area contributed by atoms with Crippen molar-refractivity contribution in [3.8, 4) is 34.3 Å². The zero-order chi connectivity index (χ0) is 25.5. The second-order valence-electron chi connectivity index (χ2n) is 8.55. The number of benzene rings is 3. The number of hydrogen-bond donors (Lipinski definition) is 1. The van der Waals surface area contributed by atoms with Gasteiger partial charge in [-0.25, -0.2) is 0 Å². The van der Waals surface area contributed by atoms with Crippen LogP contribution in [0.25, 0.3) is 22.8 Å². The smallest absolute Gasteiger partial charge is 0.282 e. The van der Waals surface area contributed by atoms with Gasteiger partial charge in [0.25, 0.3) is 11.8 Å². The minimum absolute atomic E-state index is 0.510. The third-order valence-corrected chi connectivity index (χ3v) is 6.02. The maximum atomic E-state index is 5.60. The fourth-order valence-electron chi connectivity index (χ4n) is 4.09. The number of aromatic nitrogens is 4. The minimum atomic E-state index is 0.510. The predicted molar refractivity (Wildman–Crippen MR) is 136 cm³/mol.